The first-order chi connectivity index (χ1) is 10.1. The Kier molecular flexibility index (Phi) is 5.47. The highest BCUT2D eigenvalue weighted by molar-refractivity contribution is 9.10. The van der Waals surface area contributed by atoms with Gasteiger partial charge in [-0.2, -0.15) is 0 Å². The predicted molar refractivity (Wildman–Crippen MR) is 86.5 cm³/mol. The van der Waals surface area contributed by atoms with Crippen LogP contribution in [0.25, 0.3) is 0 Å². The molecule has 21 heavy (non-hydrogen) atoms. The summed E-state index contributed by atoms with van der Waals surface area (Å²) in [5, 5.41) is 12.8. The fourth-order valence-electron chi connectivity index (χ4n) is 1.76. The third kappa shape index (κ3) is 4.12. The number of carboxylic acids is 1. The maximum Gasteiger partial charge on any atom is 0.339 e. The highest BCUT2D eigenvalue weighted by Gasteiger charge is 2.09. The maximum atomic E-state index is 11.0. The van der Waals surface area contributed by atoms with E-state index in [0.717, 1.165) is 10.2 Å². The molecule has 0 aliphatic carbocycles. The minimum atomic E-state index is -1.00. The standard InChI is InChI=1S/C15H13BrClNO3/c16-14-11(17)5-3-6-12(14)18-8-9-21-13-7-2-1-4-10(13)15(19)20/h1-7,18H,8-9H2,(H,19,20). The molecule has 0 saturated carbocycles. The summed E-state index contributed by atoms with van der Waals surface area (Å²) in [6, 6.07) is 12.1. The van der Waals surface area contributed by atoms with E-state index in [9.17, 15) is 4.79 Å². The third-order valence-corrected chi connectivity index (χ3v) is 4.14. The van der Waals surface area contributed by atoms with Crippen molar-refractivity contribution in [2.45, 2.75) is 0 Å². The molecule has 2 rings (SSSR count). The molecule has 0 fully saturated rings. The van der Waals surface area contributed by atoms with Gasteiger partial charge in [-0.25, -0.2) is 4.79 Å². The van der Waals surface area contributed by atoms with Crippen molar-refractivity contribution in [3.05, 3.63) is 57.5 Å². The first kappa shape index (κ1) is 15.7. The van der Waals surface area contributed by atoms with Crippen LogP contribution in [0.5, 0.6) is 5.75 Å². The van der Waals surface area contributed by atoms with Crippen LogP contribution >= 0.6 is 27.5 Å². The summed E-state index contributed by atoms with van der Waals surface area (Å²) in [5.41, 5.74) is 1.01. The zero-order valence-corrected chi connectivity index (χ0v) is 13.3. The summed E-state index contributed by atoms with van der Waals surface area (Å²) >= 11 is 9.39. The number of nitrogens with one attached hydrogen (secondary N) is 1. The fourth-order valence-corrected chi connectivity index (χ4v) is 2.34. The molecule has 0 aliphatic rings. The summed E-state index contributed by atoms with van der Waals surface area (Å²) in [4.78, 5) is 11.0. The lowest BCUT2D eigenvalue weighted by molar-refractivity contribution is 0.0692. The monoisotopic (exact) mass is 369 g/mol. The normalized spacial score (nSPS) is 10.2. The average molecular weight is 371 g/mol. The largest absolute Gasteiger partial charge is 0.491 e. The van der Waals surface area contributed by atoms with Gasteiger partial charge < -0.3 is 15.2 Å². The number of ether oxygens (including phenoxy) is 1. The first-order valence-corrected chi connectivity index (χ1v) is 7.39. The molecular weight excluding hydrogens is 358 g/mol. The summed E-state index contributed by atoms with van der Waals surface area (Å²) in [7, 11) is 0. The second-order valence-corrected chi connectivity index (χ2v) is 5.38. The van der Waals surface area contributed by atoms with Gasteiger partial charge >= 0.3 is 5.97 Å². The van der Waals surface area contributed by atoms with Crippen molar-refractivity contribution in [2.75, 3.05) is 18.5 Å². The molecule has 2 N–H and O–H groups in total. The lowest BCUT2D eigenvalue weighted by Crippen LogP contribution is -2.13. The highest BCUT2D eigenvalue weighted by atomic mass is 79.9. The van der Waals surface area contributed by atoms with Crippen molar-refractivity contribution < 1.29 is 14.6 Å². The Hall–Kier alpha value is -1.72. The van der Waals surface area contributed by atoms with Crippen molar-refractivity contribution in [1.29, 1.82) is 0 Å². The second kappa shape index (κ2) is 7.33. The number of rotatable bonds is 6. The maximum absolute atomic E-state index is 11.0. The van der Waals surface area contributed by atoms with E-state index in [4.69, 9.17) is 21.4 Å². The zero-order valence-electron chi connectivity index (χ0n) is 11.0. The van der Waals surface area contributed by atoms with E-state index < -0.39 is 5.97 Å². The zero-order chi connectivity index (χ0) is 15.2. The van der Waals surface area contributed by atoms with Gasteiger partial charge in [-0.05, 0) is 40.2 Å². The molecule has 0 saturated heterocycles. The molecule has 110 valence electrons. The summed E-state index contributed by atoms with van der Waals surface area (Å²) in [6.45, 7) is 0.857. The van der Waals surface area contributed by atoms with Gasteiger partial charge in [0.05, 0.1) is 15.2 Å². The number of anilines is 1. The molecule has 0 aromatic heterocycles. The van der Waals surface area contributed by atoms with Crippen LogP contribution in [0.4, 0.5) is 5.69 Å². The van der Waals surface area contributed by atoms with E-state index in [-0.39, 0.29) is 5.56 Å². The Morgan fingerprint density at radius 1 is 1.24 bits per heavy atom. The quantitative estimate of drug-likeness (QED) is 0.745. The van der Waals surface area contributed by atoms with Crippen molar-refractivity contribution >= 4 is 39.2 Å². The molecule has 0 heterocycles. The number of halogens is 2. The van der Waals surface area contributed by atoms with Crippen LogP contribution < -0.4 is 10.1 Å². The molecule has 0 unspecified atom stereocenters. The van der Waals surface area contributed by atoms with Gasteiger partial charge in [0.15, 0.2) is 0 Å². The lowest BCUT2D eigenvalue weighted by atomic mass is 10.2. The Bertz CT molecular complexity index is 649. The van der Waals surface area contributed by atoms with Crippen molar-refractivity contribution in [3.63, 3.8) is 0 Å². The highest BCUT2D eigenvalue weighted by Crippen LogP contribution is 2.29. The van der Waals surface area contributed by atoms with Crippen LogP contribution in [-0.4, -0.2) is 24.2 Å². The summed E-state index contributed by atoms with van der Waals surface area (Å²) < 4.78 is 6.29. The fraction of sp³-hybridized carbons (Fsp3) is 0.133. The van der Waals surface area contributed by atoms with Crippen LogP contribution in [0.2, 0.25) is 5.02 Å². The number of benzene rings is 2. The van der Waals surface area contributed by atoms with Gasteiger partial charge in [-0.15, -0.1) is 0 Å². The van der Waals surface area contributed by atoms with Gasteiger partial charge in [0.1, 0.15) is 17.9 Å². The van der Waals surface area contributed by atoms with Crippen molar-refractivity contribution in [3.8, 4) is 5.75 Å². The third-order valence-electron chi connectivity index (χ3n) is 2.74. The molecule has 2 aromatic rings. The average Bonchev–Trinajstić information content (AvgIpc) is 2.48. The number of hydrogen-bond donors (Lipinski definition) is 2. The summed E-state index contributed by atoms with van der Waals surface area (Å²) in [5.74, 6) is -0.645. The van der Waals surface area contributed by atoms with Crippen LogP contribution in [0.15, 0.2) is 46.9 Å². The number of para-hydroxylation sites is 1. The summed E-state index contributed by atoms with van der Waals surface area (Å²) in [6.07, 6.45) is 0. The SMILES string of the molecule is O=C(O)c1ccccc1OCCNc1cccc(Cl)c1Br. The Morgan fingerprint density at radius 3 is 2.76 bits per heavy atom. The van der Waals surface area contributed by atoms with E-state index in [1.54, 1.807) is 24.3 Å². The first-order valence-electron chi connectivity index (χ1n) is 6.22. The van der Waals surface area contributed by atoms with E-state index in [1.807, 2.05) is 12.1 Å². The molecule has 6 heteroatoms. The van der Waals surface area contributed by atoms with E-state index in [2.05, 4.69) is 21.2 Å². The molecule has 0 aliphatic heterocycles. The molecular formula is C15H13BrClNO3. The number of carboxylic acid groups (broad SMARTS) is 1. The molecule has 0 spiro atoms. The van der Waals surface area contributed by atoms with Gasteiger partial charge in [-0.1, -0.05) is 29.8 Å². The second-order valence-electron chi connectivity index (χ2n) is 4.18. The Labute approximate surface area is 135 Å². The van der Waals surface area contributed by atoms with Gasteiger partial charge in [-0.3, -0.25) is 0 Å². The minimum absolute atomic E-state index is 0.154. The number of hydrogen-bond acceptors (Lipinski definition) is 3. The van der Waals surface area contributed by atoms with E-state index in [0.29, 0.717) is 23.9 Å². The van der Waals surface area contributed by atoms with Gasteiger partial charge in [0, 0.05) is 6.54 Å². The Morgan fingerprint density at radius 2 is 2.00 bits per heavy atom. The minimum Gasteiger partial charge on any atom is -0.491 e. The van der Waals surface area contributed by atoms with Gasteiger partial charge in [0.25, 0.3) is 0 Å². The lowest BCUT2D eigenvalue weighted by Gasteiger charge is -2.12. The Balaban J connectivity index is 1.91. The van der Waals surface area contributed by atoms with E-state index in [1.165, 1.54) is 6.07 Å². The van der Waals surface area contributed by atoms with E-state index >= 15 is 0 Å². The molecule has 0 bridgehead atoms. The van der Waals surface area contributed by atoms with Crippen LogP contribution in [0, 0.1) is 0 Å². The van der Waals surface area contributed by atoms with Crippen LogP contribution in [0.1, 0.15) is 10.4 Å². The molecule has 0 radical (unpaired) electrons. The number of carbonyl (C=O) groups is 1. The van der Waals surface area contributed by atoms with Gasteiger partial charge in [0.2, 0.25) is 0 Å². The van der Waals surface area contributed by atoms with Crippen LogP contribution in [0.3, 0.4) is 0 Å². The molecule has 0 amide bonds. The smallest absolute Gasteiger partial charge is 0.339 e. The molecule has 0 atom stereocenters. The predicted octanol–water partition coefficient (Wildman–Crippen LogP) is 4.29. The molecule has 2 aromatic carbocycles. The number of aromatic carboxylic acids is 1. The van der Waals surface area contributed by atoms with Crippen molar-refractivity contribution in [1.82, 2.24) is 0 Å². The molecule has 4 nitrogen and oxygen atoms in total. The van der Waals surface area contributed by atoms with Crippen LogP contribution in [-0.2, 0) is 0 Å². The topological polar surface area (TPSA) is 58.6 Å². The van der Waals surface area contributed by atoms with Crippen molar-refractivity contribution in [2.24, 2.45) is 0 Å².